The standard InChI is InChI=1S/C27H29N7O4S/c1-17-21(10-18(11-29-17)31-23(35)14-33-15-27(16-33)5-8-38-9-6-27)32-24(36)20-12-30-34-13-22(39-26(20)34)19-4-3-7-28-25(19)37-2/h3-4,7,10-13H,5-6,8-9,14-16H2,1-2H3,(H,31,35)(H,32,36). The zero-order chi connectivity index (χ0) is 27.0. The molecule has 6 heterocycles. The minimum atomic E-state index is -0.313. The van der Waals surface area contributed by atoms with E-state index in [1.165, 1.54) is 17.5 Å². The molecule has 2 aliphatic rings. The van der Waals surface area contributed by atoms with E-state index >= 15 is 0 Å². The van der Waals surface area contributed by atoms with E-state index in [4.69, 9.17) is 9.47 Å². The van der Waals surface area contributed by atoms with Crippen LogP contribution < -0.4 is 15.4 Å². The summed E-state index contributed by atoms with van der Waals surface area (Å²) in [4.78, 5) is 38.3. The molecular weight excluding hydrogens is 518 g/mol. The summed E-state index contributed by atoms with van der Waals surface area (Å²) < 4.78 is 12.5. The van der Waals surface area contributed by atoms with Crippen molar-refractivity contribution >= 4 is 39.4 Å². The van der Waals surface area contributed by atoms with Crippen molar-refractivity contribution in [3.05, 3.63) is 54.2 Å². The molecule has 4 aromatic heterocycles. The molecule has 0 unspecified atom stereocenters. The van der Waals surface area contributed by atoms with Crippen LogP contribution in [-0.2, 0) is 9.53 Å². The Bertz CT molecular complexity index is 1530. The van der Waals surface area contributed by atoms with Gasteiger partial charge in [0.25, 0.3) is 5.91 Å². The zero-order valence-electron chi connectivity index (χ0n) is 21.8. The second-order valence-electron chi connectivity index (χ2n) is 10.1. The number of ether oxygens (including phenoxy) is 2. The Morgan fingerprint density at radius 3 is 2.79 bits per heavy atom. The van der Waals surface area contributed by atoms with E-state index in [-0.39, 0.29) is 11.8 Å². The largest absolute Gasteiger partial charge is 0.481 e. The van der Waals surface area contributed by atoms with E-state index in [9.17, 15) is 9.59 Å². The molecule has 4 aromatic rings. The number of hydrogen-bond acceptors (Lipinski definition) is 9. The van der Waals surface area contributed by atoms with Gasteiger partial charge in [-0.1, -0.05) is 0 Å². The Kier molecular flexibility index (Phi) is 6.75. The van der Waals surface area contributed by atoms with Crippen LogP contribution in [0.15, 0.2) is 43.0 Å². The lowest BCUT2D eigenvalue weighted by molar-refractivity contribution is -0.124. The Labute approximate surface area is 229 Å². The number of aryl methyl sites for hydroxylation is 1. The Morgan fingerprint density at radius 1 is 1.18 bits per heavy atom. The molecule has 11 nitrogen and oxygen atoms in total. The number of aromatic nitrogens is 4. The van der Waals surface area contributed by atoms with Gasteiger partial charge in [-0.3, -0.25) is 19.5 Å². The van der Waals surface area contributed by atoms with Gasteiger partial charge in [0.2, 0.25) is 11.8 Å². The summed E-state index contributed by atoms with van der Waals surface area (Å²) in [5.41, 5.74) is 3.27. The quantitative estimate of drug-likeness (QED) is 0.361. The van der Waals surface area contributed by atoms with Crippen LogP contribution in [0.5, 0.6) is 5.88 Å². The third-order valence-electron chi connectivity index (χ3n) is 7.33. The van der Waals surface area contributed by atoms with Crippen molar-refractivity contribution < 1.29 is 19.1 Å². The summed E-state index contributed by atoms with van der Waals surface area (Å²) in [7, 11) is 1.57. The number of thiazole rings is 1. The predicted molar refractivity (Wildman–Crippen MR) is 147 cm³/mol. The summed E-state index contributed by atoms with van der Waals surface area (Å²) in [6.45, 7) is 5.60. The summed E-state index contributed by atoms with van der Waals surface area (Å²) in [5.74, 6) is 0.0909. The van der Waals surface area contributed by atoms with Crippen molar-refractivity contribution in [2.24, 2.45) is 5.41 Å². The fraction of sp³-hybridized carbons (Fsp3) is 0.370. The molecule has 0 saturated carbocycles. The van der Waals surface area contributed by atoms with Gasteiger partial charge in [-0.25, -0.2) is 9.50 Å². The van der Waals surface area contributed by atoms with Gasteiger partial charge in [-0.15, -0.1) is 11.3 Å². The van der Waals surface area contributed by atoms with E-state index in [1.54, 1.807) is 37.0 Å². The van der Waals surface area contributed by atoms with Crippen molar-refractivity contribution in [1.82, 2.24) is 24.5 Å². The third-order valence-corrected chi connectivity index (χ3v) is 8.47. The van der Waals surface area contributed by atoms with Gasteiger partial charge >= 0.3 is 0 Å². The maximum absolute atomic E-state index is 13.3. The number of nitrogens with zero attached hydrogens (tertiary/aromatic N) is 5. The SMILES string of the molecule is COc1ncccc1-c1cn2ncc(C(=O)Nc3cc(NC(=O)CN4CC5(CCOCC5)C4)cnc3C)c2s1. The number of likely N-dealkylation sites (tertiary alicyclic amines) is 1. The Balaban J connectivity index is 1.12. The van der Waals surface area contributed by atoms with E-state index in [1.807, 2.05) is 18.3 Å². The number of hydrogen-bond donors (Lipinski definition) is 2. The first-order valence-corrected chi connectivity index (χ1v) is 13.6. The molecule has 39 heavy (non-hydrogen) atoms. The normalized spacial score (nSPS) is 16.7. The van der Waals surface area contributed by atoms with E-state index in [0.29, 0.717) is 45.3 Å². The molecule has 0 atom stereocenters. The highest BCUT2D eigenvalue weighted by atomic mass is 32.1. The molecule has 1 spiro atoms. The van der Waals surface area contributed by atoms with Crippen LogP contribution in [0.2, 0.25) is 0 Å². The van der Waals surface area contributed by atoms with Crippen molar-refractivity contribution in [3.63, 3.8) is 0 Å². The molecule has 202 valence electrons. The lowest BCUT2D eigenvalue weighted by Gasteiger charge is -2.52. The van der Waals surface area contributed by atoms with Gasteiger partial charge in [0, 0.05) is 44.1 Å². The summed E-state index contributed by atoms with van der Waals surface area (Å²) in [6, 6.07) is 5.48. The average molecular weight is 548 g/mol. The van der Waals surface area contributed by atoms with Crippen LogP contribution in [-0.4, -0.2) is 76.3 Å². The molecule has 6 rings (SSSR count). The first kappa shape index (κ1) is 25.4. The van der Waals surface area contributed by atoms with Crippen LogP contribution >= 0.6 is 11.3 Å². The first-order chi connectivity index (χ1) is 18.9. The summed E-state index contributed by atoms with van der Waals surface area (Å²) in [6.07, 6.45) is 8.78. The molecule has 12 heteroatoms. The second-order valence-corrected chi connectivity index (χ2v) is 11.1. The van der Waals surface area contributed by atoms with Gasteiger partial charge in [0.15, 0.2) is 0 Å². The predicted octanol–water partition coefficient (Wildman–Crippen LogP) is 3.47. The summed E-state index contributed by atoms with van der Waals surface area (Å²) in [5, 5.41) is 10.2. The first-order valence-electron chi connectivity index (χ1n) is 12.8. The minimum Gasteiger partial charge on any atom is -0.481 e. The van der Waals surface area contributed by atoms with Gasteiger partial charge in [-0.2, -0.15) is 5.10 Å². The van der Waals surface area contributed by atoms with Crippen molar-refractivity contribution in [2.45, 2.75) is 19.8 Å². The maximum atomic E-state index is 13.3. The van der Waals surface area contributed by atoms with Crippen LogP contribution in [0.25, 0.3) is 15.3 Å². The molecule has 0 bridgehead atoms. The zero-order valence-corrected chi connectivity index (χ0v) is 22.6. The number of rotatable bonds is 7. The molecular formula is C27H29N7O4S. The number of anilines is 2. The van der Waals surface area contributed by atoms with Gasteiger partial charge in [0.05, 0.1) is 59.1 Å². The number of amides is 2. The van der Waals surface area contributed by atoms with Gasteiger partial charge in [-0.05, 0) is 38.0 Å². The monoisotopic (exact) mass is 547 g/mol. The fourth-order valence-corrected chi connectivity index (χ4v) is 6.34. The molecule has 0 aromatic carbocycles. The van der Waals surface area contributed by atoms with Crippen molar-refractivity contribution in [1.29, 1.82) is 0 Å². The van der Waals surface area contributed by atoms with Crippen LogP contribution in [0.4, 0.5) is 11.4 Å². The van der Waals surface area contributed by atoms with Crippen LogP contribution in [0, 0.1) is 12.3 Å². The van der Waals surface area contributed by atoms with E-state index in [0.717, 1.165) is 49.6 Å². The minimum absolute atomic E-state index is 0.102. The maximum Gasteiger partial charge on any atom is 0.260 e. The number of fused-ring (bicyclic) bond motifs is 1. The lowest BCUT2D eigenvalue weighted by atomic mass is 9.73. The highest BCUT2D eigenvalue weighted by Crippen LogP contribution is 2.39. The number of carbonyl (C=O) groups excluding carboxylic acids is 2. The number of nitrogens with one attached hydrogen (secondary N) is 2. The Hall–Kier alpha value is -3.87. The van der Waals surface area contributed by atoms with Crippen LogP contribution in [0.1, 0.15) is 28.9 Å². The van der Waals surface area contributed by atoms with Crippen LogP contribution in [0.3, 0.4) is 0 Å². The van der Waals surface area contributed by atoms with E-state index < -0.39 is 0 Å². The van der Waals surface area contributed by atoms with Crippen molar-refractivity contribution in [2.75, 3.05) is 50.6 Å². The molecule has 2 N–H and O–H groups in total. The topological polar surface area (TPSA) is 123 Å². The average Bonchev–Trinajstić information content (AvgIpc) is 3.51. The Morgan fingerprint density at radius 2 is 2.00 bits per heavy atom. The molecule has 0 aliphatic carbocycles. The molecule has 0 radical (unpaired) electrons. The molecule has 2 aliphatic heterocycles. The molecule has 2 saturated heterocycles. The highest BCUT2D eigenvalue weighted by Gasteiger charge is 2.44. The fourth-order valence-electron chi connectivity index (χ4n) is 5.26. The third kappa shape index (κ3) is 5.10. The van der Waals surface area contributed by atoms with Crippen molar-refractivity contribution in [3.8, 4) is 16.3 Å². The van der Waals surface area contributed by atoms with Gasteiger partial charge in [0.1, 0.15) is 4.83 Å². The molecule has 2 amide bonds. The number of methoxy groups -OCH3 is 1. The highest BCUT2D eigenvalue weighted by molar-refractivity contribution is 7.21. The summed E-state index contributed by atoms with van der Waals surface area (Å²) >= 11 is 1.42. The second kappa shape index (κ2) is 10.4. The van der Waals surface area contributed by atoms with Gasteiger partial charge < -0.3 is 20.1 Å². The lowest BCUT2D eigenvalue weighted by Crippen LogP contribution is -2.59. The number of carbonyl (C=O) groups is 2. The smallest absolute Gasteiger partial charge is 0.260 e. The molecule has 2 fully saturated rings. The van der Waals surface area contributed by atoms with E-state index in [2.05, 4.69) is 30.6 Å². The number of pyridine rings is 2.